The lowest BCUT2D eigenvalue weighted by Crippen LogP contribution is -2.21. The van der Waals surface area contributed by atoms with E-state index < -0.39 is 18.1 Å². The van der Waals surface area contributed by atoms with Crippen molar-refractivity contribution in [2.75, 3.05) is 0 Å². The summed E-state index contributed by atoms with van der Waals surface area (Å²) in [5, 5.41) is 0. The third-order valence-electron chi connectivity index (χ3n) is 2.33. The monoisotopic (exact) mass is 238 g/mol. The molecule has 17 heavy (non-hydrogen) atoms. The van der Waals surface area contributed by atoms with Gasteiger partial charge in [-0.15, -0.1) is 0 Å². The van der Waals surface area contributed by atoms with Crippen molar-refractivity contribution in [2.45, 2.75) is 25.9 Å². The molecule has 1 aromatic carbocycles. The van der Waals surface area contributed by atoms with Crippen molar-refractivity contribution in [1.82, 2.24) is 0 Å². The number of halogens is 1. The molecule has 92 valence electrons. The molecule has 0 spiro atoms. The van der Waals surface area contributed by atoms with Crippen LogP contribution in [-0.4, -0.2) is 18.4 Å². The van der Waals surface area contributed by atoms with Gasteiger partial charge < -0.3 is 9.53 Å². The number of hydrogen-bond donors (Lipinski definition) is 0. The zero-order chi connectivity index (χ0) is 12.7. The van der Waals surface area contributed by atoms with Gasteiger partial charge in [-0.1, -0.05) is 25.1 Å². The molecule has 0 amide bonds. The Hall–Kier alpha value is -1.71. The molecule has 0 bridgehead atoms. The van der Waals surface area contributed by atoms with Crippen LogP contribution >= 0.6 is 0 Å². The molecule has 2 atom stereocenters. The summed E-state index contributed by atoms with van der Waals surface area (Å²) in [5.74, 6) is -0.606. The Labute approximate surface area is 99.6 Å². The highest BCUT2D eigenvalue weighted by molar-refractivity contribution is 5.74. The van der Waals surface area contributed by atoms with Gasteiger partial charge in [-0.3, -0.25) is 4.79 Å². The van der Waals surface area contributed by atoms with Gasteiger partial charge in [0.2, 0.25) is 0 Å². The van der Waals surface area contributed by atoms with Crippen molar-refractivity contribution in [2.24, 2.45) is 5.92 Å². The van der Waals surface area contributed by atoms with Crippen molar-refractivity contribution in [3.8, 4) is 5.75 Å². The molecular formula is C13H15FO3. The van der Waals surface area contributed by atoms with Crippen LogP contribution < -0.4 is 4.74 Å². The summed E-state index contributed by atoms with van der Waals surface area (Å²) in [7, 11) is 0. The van der Waals surface area contributed by atoms with Crippen LogP contribution in [0.2, 0.25) is 0 Å². The van der Waals surface area contributed by atoms with Gasteiger partial charge in [-0.25, -0.2) is 4.39 Å². The van der Waals surface area contributed by atoms with Gasteiger partial charge in [-0.05, 0) is 18.6 Å². The summed E-state index contributed by atoms with van der Waals surface area (Å²) in [6.45, 7) is 1.59. The maximum absolute atomic E-state index is 13.1. The van der Waals surface area contributed by atoms with Crippen LogP contribution in [0.1, 0.15) is 19.8 Å². The van der Waals surface area contributed by atoms with E-state index >= 15 is 0 Å². The first-order valence-electron chi connectivity index (χ1n) is 5.48. The average Bonchev–Trinajstić information content (AvgIpc) is 2.30. The zero-order valence-corrected chi connectivity index (χ0v) is 9.64. The van der Waals surface area contributed by atoms with E-state index in [1.54, 1.807) is 31.2 Å². The highest BCUT2D eigenvalue weighted by atomic mass is 19.1. The van der Waals surface area contributed by atoms with Crippen LogP contribution in [0.4, 0.5) is 4.39 Å². The SMILES string of the molecule is CC(CC(F)CC=O)C(=O)Oc1ccccc1. The molecule has 0 aliphatic rings. The van der Waals surface area contributed by atoms with Gasteiger partial charge >= 0.3 is 5.97 Å². The van der Waals surface area contributed by atoms with Gasteiger partial charge in [0.25, 0.3) is 0 Å². The van der Waals surface area contributed by atoms with E-state index in [2.05, 4.69) is 0 Å². The largest absolute Gasteiger partial charge is 0.426 e. The number of carbonyl (C=O) groups excluding carboxylic acids is 2. The highest BCUT2D eigenvalue weighted by Crippen LogP contribution is 2.16. The molecule has 4 heteroatoms. The zero-order valence-electron chi connectivity index (χ0n) is 9.64. The minimum absolute atomic E-state index is 0.00437. The number of esters is 1. The van der Waals surface area contributed by atoms with Gasteiger partial charge in [0.05, 0.1) is 5.92 Å². The van der Waals surface area contributed by atoms with Crippen molar-refractivity contribution in [1.29, 1.82) is 0 Å². The lowest BCUT2D eigenvalue weighted by Gasteiger charge is -2.12. The van der Waals surface area contributed by atoms with Crippen LogP contribution in [0.3, 0.4) is 0 Å². The lowest BCUT2D eigenvalue weighted by atomic mass is 10.0. The fourth-order valence-corrected chi connectivity index (χ4v) is 1.39. The smallest absolute Gasteiger partial charge is 0.314 e. The number of alkyl halides is 1. The number of hydrogen-bond acceptors (Lipinski definition) is 3. The predicted molar refractivity (Wildman–Crippen MR) is 61.4 cm³/mol. The molecule has 0 N–H and O–H groups in total. The summed E-state index contributed by atoms with van der Waals surface area (Å²) < 4.78 is 18.2. The maximum atomic E-state index is 13.1. The molecule has 3 nitrogen and oxygen atoms in total. The van der Waals surface area contributed by atoms with Crippen LogP contribution in [-0.2, 0) is 9.59 Å². The van der Waals surface area contributed by atoms with Crippen molar-refractivity contribution in [3.63, 3.8) is 0 Å². The fraction of sp³-hybridized carbons (Fsp3) is 0.385. The molecule has 0 saturated carbocycles. The summed E-state index contributed by atoms with van der Waals surface area (Å²) >= 11 is 0. The fourth-order valence-electron chi connectivity index (χ4n) is 1.39. The Morgan fingerprint density at radius 2 is 2.06 bits per heavy atom. The van der Waals surface area contributed by atoms with Crippen molar-refractivity contribution < 1.29 is 18.7 Å². The Balaban J connectivity index is 2.44. The standard InChI is InChI=1S/C13H15FO3/c1-10(9-11(14)7-8-15)13(16)17-12-5-3-2-4-6-12/h2-6,8,10-11H,7,9H2,1H3. The third kappa shape index (κ3) is 4.76. The Bertz CT molecular complexity index is 364. The summed E-state index contributed by atoms with van der Waals surface area (Å²) in [6.07, 6.45) is -0.946. The van der Waals surface area contributed by atoms with E-state index in [0.717, 1.165) is 0 Å². The molecule has 0 aliphatic heterocycles. The molecule has 2 unspecified atom stereocenters. The van der Waals surface area contributed by atoms with E-state index in [1.165, 1.54) is 0 Å². The summed E-state index contributed by atoms with van der Waals surface area (Å²) in [5.41, 5.74) is 0. The van der Waals surface area contributed by atoms with E-state index in [0.29, 0.717) is 12.0 Å². The van der Waals surface area contributed by atoms with E-state index in [1.807, 2.05) is 6.07 Å². The van der Waals surface area contributed by atoms with Crippen LogP contribution in [0, 0.1) is 5.92 Å². The van der Waals surface area contributed by atoms with Crippen LogP contribution in [0.25, 0.3) is 0 Å². The third-order valence-corrected chi connectivity index (χ3v) is 2.33. The van der Waals surface area contributed by atoms with Gasteiger partial charge in [0, 0.05) is 6.42 Å². The van der Waals surface area contributed by atoms with E-state index in [9.17, 15) is 14.0 Å². The molecule has 0 aromatic heterocycles. The first-order chi connectivity index (χ1) is 8.13. The Morgan fingerprint density at radius 1 is 1.41 bits per heavy atom. The minimum Gasteiger partial charge on any atom is -0.426 e. The maximum Gasteiger partial charge on any atom is 0.314 e. The average molecular weight is 238 g/mol. The van der Waals surface area contributed by atoms with Crippen LogP contribution in [0.5, 0.6) is 5.75 Å². The Morgan fingerprint density at radius 3 is 2.65 bits per heavy atom. The molecule has 0 heterocycles. The molecule has 0 saturated heterocycles. The lowest BCUT2D eigenvalue weighted by molar-refractivity contribution is -0.139. The first-order valence-corrected chi connectivity index (χ1v) is 5.48. The van der Waals surface area contributed by atoms with E-state index in [-0.39, 0.29) is 12.8 Å². The second-order valence-corrected chi connectivity index (χ2v) is 3.87. The highest BCUT2D eigenvalue weighted by Gasteiger charge is 2.20. The quantitative estimate of drug-likeness (QED) is 0.434. The topological polar surface area (TPSA) is 43.4 Å². The van der Waals surface area contributed by atoms with Gasteiger partial charge in [0.15, 0.2) is 0 Å². The molecule has 0 radical (unpaired) electrons. The molecule has 0 fully saturated rings. The molecule has 1 rings (SSSR count). The number of ether oxygens (including phenoxy) is 1. The van der Waals surface area contributed by atoms with Gasteiger partial charge in [0.1, 0.15) is 18.2 Å². The Kier molecular flexibility index (Phi) is 5.33. The number of carbonyl (C=O) groups is 2. The normalized spacial score (nSPS) is 13.8. The number of aldehydes is 1. The van der Waals surface area contributed by atoms with E-state index in [4.69, 9.17) is 4.74 Å². The number of rotatable bonds is 6. The van der Waals surface area contributed by atoms with Crippen LogP contribution in [0.15, 0.2) is 30.3 Å². The summed E-state index contributed by atoms with van der Waals surface area (Å²) in [6, 6.07) is 8.61. The minimum atomic E-state index is -1.29. The number of benzene rings is 1. The van der Waals surface area contributed by atoms with Crippen molar-refractivity contribution in [3.05, 3.63) is 30.3 Å². The van der Waals surface area contributed by atoms with Crippen molar-refractivity contribution >= 4 is 12.3 Å². The molecule has 1 aromatic rings. The second-order valence-electron chi connectivity index (χ2n) is 3.87. The second kappa shape index (κ2) is 6.78. The predicted octanol–water partition coefficient (Wildman–Crippen LogP) is 2.55. The van der Waals surface area contributed by atoms with Gasteiger partial charge in [-0.2, -0.15) is 0 Å². The summed E-state index contributed by atoms with van der Waals surface area (Å²) in [4.78, 5) is 21.7. The molecular weight excluding hydrogens is 223 g/mol. The molecule has 0 aliphatic carbocycles. The number of para-hydroxylation sites is 1. The first kappa shape index (κ1) is 13.4.